The van der Waals surface area contributed by atoms with Crippen molar-refractivity contribution >= 4 is 70.6 Å². The molecule has 0 fully saturated rings. The fourth-order valence-corrected chi connectivity index (χ4v) is 2.82. The molecule has 0 unspecified atom stereocenters. The number of nitrogens with one attached hydrogen (secondary N) is 2. The Morgan fingerprint density at radius 2 is 1.17 bits per heavy atom. The maximum Gasteiger partial charge on any atom is 0.240 e. The van der Waals surface area contributed by atoms with Crippen LogP contribution in [0.1, 0.15) is 30.4 Å². The molecule has 6 nitrogen and oxygen atoms in total. The minimum Gasteiger partial charge on any atom is -0.273 e. The zero-order chi connectivity index (χ0) is 21.2. The molecule has 29 heavy (non-hydrogen) atoms. The average molecular weight is 474 g/mol. The van der Waals surface area contributed by atoms with Crippen LogP contribution in [0.2, 0.25) is 20.1 Å². The van der Waals surface area contributed by atoms with E-state index >= 15 is 0 Å². The van der Waals surface area contributed by atoms with Crippen LogP contribution >= 0.6 is 46.4 Å². The first-order chi connectivity index (χ1) is 13.9. The van der Waals surface area contributed by atoms with Crippen LogP contribution in [0.4, 0.5) is 0 Å². The molecule has 0 bridgehead atoms. The molecule has 10 heteroatoms. The molecule has 2 rings (SSSR count). The van der Waals surface area contributed by atoms with E-state index in [0.29, 0.717) is 37.6 Å². The summed E-state index contributed by atoms with van der Waals surface area (Å²) in [5.74, 6) is -0.664. The van der Waals surface area contributed by atoms with Gasteiger partial charge in [-0.15, -0.1) is 0 Å². The molecule has 152 valence electrons. The summed E-state index contributed by atoms with van der Waals surface area (Å²) in [4.78, 5) is 23.5. The van der Waals surface area contributed by atoms with Crippen LogP contribution in [0.5, 0.6) is 0 Å². The lowest BCUT2D eigenvalue weighted by Gasteiger charge is -2.02. The molecule has 2 N–H and O–H groups in total. The predicted molar refractivity (Wildman–Crippen MR) is 118 cm³/mol. The second-order valence-electron chi connectivity index (χ2n) is 5.73. The Kier molecular flexibility index (Phi) is 9.41. The summed E-state index contributed by atoms with van der Waals surface area (Å²) in [6, 6.07) is 10.2. The van der Waals surface area contributed by atoms with Crippen molar-refractivity contribution < 1.29 is 9.59 Å². The Labute approximate surface area is 187 Å². The molecule has 2 aromatic rings. The molecule has 2 amide bonds. The number of nitrogens with zero attached hydrogens (tertiary/aromatic N) is 2. The van der Waals surface area contributed by atoms with E-state index in [9.17, 15) is 9.59 Å². The molecule has 0 atom stereocenters. The molecular weight excluding hydrogens is 458 g/mol. The second kappa shape index (κ2) is 11.8. The molecule has 0 aliphatic carbocycles. The Morgan fingerprint density at radius 3 is 1.59 bits per heavy atom. The van der Waals surface area contributed by atoms with Crippen molar-refractivity contribution in [3.63, 3.8) is 0 Å². The number of carbonyl (C=O) groups is 2. The van der Waals surface area contributed by atoms with Gasteiger partial charge in [0.05, 0.1) is 32.5 Å². The van der Waals surface area contributed by atoms with E-state index in [1.54, 1.807) is 36.4 Å². The Morgan fingerprint density at radius 1 is 0.759 bits per heavy atom. The van der Waals surface area contributed by atoms with Crippen LogP contribution in [0, 0.1) is 0 Å². The maximum atomic E-state index is 11.8. The van der Waals surface area contributed by atoms with Crippen molar-refractivity contribution in [3.05, 3.63) is 67.6 Å². The molecule has 2 aromatic carbocycles. The van der Waals surface area contributed by atoms with Crippen LogP contribution < -0.4 is 10.9 Å². The lowest BCUT2D eigenvalue weighted by atomic mass is 10.2. The van der Waals surface area contributed by atoms with Crippen LogP contribution in [-0.2, 0) is 9.59 Å². The van der Waals surface area contributed by atoms with Crippen molar-refractivity contribution in [2.24, 2.45) is 10.2 Å². The quantitative estimate of drug-likeness (QED) is 0.414. The first-order valence-electron chi connectivity index (χ1n) is 8.40. The van der Waals surface area contributed by atoms with Gasteiger partial charge in [-0.05, 0) is 18.6 Å². The van der Waals surface area contributed by atoms with Gasteiger partial charge in [0.15, 0.2) is 0 Å². The topological polar surface area (TPSA) is 82.9 Å². The van der Waals surface area contributed by atoms with Gasteiger partial charge in [0.1, 0.15) is 0 Å². The Balaban J connectivity index is 1.69. The van der Waals surface area contributed by atoms with Crippen LogP contribution in [0.15, 0.2) is 46.6 Å². The highest BCUT2D eigenvalue weighted by molar-refractivity contribution is 6.44. The smallest absolute Gasteiger partial charge is 0.240 e. The highest BCUT2D eigenvalue weighted by Crippen LogP contribution is 2.24. The summed E-state index contributed by atoms with van der Waals surface area (Å²) in [6.07, 6.45) is 3.37. The molecule has 0 aliphatic rings. The highest BCUT2D eigenvalue weighted by Gasteiger charge is 2.06. The van der Waals surface area contributed by atoms with E-state index in [2.05, 4.69) is 21.1 Å². The van der Waals surface area contributed by atoms with Gasteiger partial charge >= 0.3 is 0 Å². The van der Waals surface area contributed by atoms with E-state index < -0.39 is 0 Å². The number of hydrogen-bond acceptors (Lipinski definition) is 4. The molecule has 0 aromatic heterocycles. The van der Waals surface area contributed by atoms with Crippen molar-refractivity contribution in [2.45, 2.75) is 19.3 Å². The molecule has 0 heterocycles. The van der Waals surface area contributed by atoms with E-state index in [1.165, 1.54) is 12.4 Å². The number of benzene rings is 2. The first-order valence-corrected chi connectivity index (χ1v) is 9.91. The number of rotatable bonds is 8. The van der Waals surface area contributed by atoms with Gasteiger partial charge in [0.25, 0.3) is 0 Å². The maximum absolute atomic E-state index is 11.8. The molecule has 0 aliphatic heterocycles. The number of hydrazone groups is 2. The molecule has 0 radical (unpaired) electrons. The van der Waals surface area contributed by atoms with Crippen LogP contribution in [0.3, 0.4) is 0 Å². The van der Waals surface area contributed by atoms with Crippen molar-refractivity contribution in [3.8, 4) is 0 Å². The third-order valence-electron chi connectivity index (χ3n) is 3.56. The third-order valence-corrected chi connectivity index (χ3v) is 5.22. The van der Waals surface area contributed by atoms with Gasteiger partial charge in [-0.1, -0.05) is 70.7 Å². The summed E-state index contributed by atoms with van der Waals surface area (Å²) in [5, 5.41) is 9.14. The van der Waals surface area contributed by atoms with E-state index in [1.807, 2.05) is 0 Å². The monoisotopic (exact) mass is 472 g/mol. The van der Waals surface area contributed by atoms with Crippen LogP contribution in [0.25, 0.3) is 0 Å². The summed E-state index contributed by atoms with van der Waals surface area (Å²) < 4.78 is 0. The van der Waals surface area contributed by atoms with Crippen LogP contribution in [-0.4, -0.2) is 24.2 Å². The summed E-state index contributed by atoms with van der Waals surface area (Å²) in [5.41, 5.74) is 5.90. The summed E-state index contributed by atoms with van der Waals surface area (Å²) in [7, 11) is 0. The third kappa shape index (κ3) is 7.66. The molecular formula is C19H16Cl4N4O2. The normalized spacial score (nSPS) is 11.2. The molecule has 0 saturated heterocycles. The highest BCUT2D eigenvalue weighted by atomic mass is 35.5. The lowest BCUT2D eigenvalue weighted by molar-refractivity contribution is -0.122. The standard InChI is InChI=1S/C19H16Cl4N4O2/c20-14-6-1-4-12(18(14)22)10-24-26-16(28)8-3-9-17(29)27-25-11-13-5-2-7-15(21)19(13)23/h1-2,4-7,10-11H,3,8-9H2,(H,26,28)(H,27,29)/b24-10+,25-11+. The number of hydrogen-bond donors (Lipinski definition) is 2. The zero-order valence-electron chi connectivity index (χ0n) is 15.0. The number of halogens is 4. The zero-order valence-corrected chi connectivity index (χ0v) is 18.0. The fraction of sp³-hybridized carbons (Fsp3) is 0.158. The molecule has 0 saturated carbocycles. The summed E-state index contributed by atoms with van der Waals surface area (Å²) >= 11 is 23.8. The largest absolute Gasteiger partial charge is 0.273 e. The van der Waals surface area contributed by atoms with Crippen molar-refractivity contribution in [1.29, 1.82) is 0 Å². The Bertz CT molecular complexity index is 872. The van der Waals surface area contributed by atoms with Gasteiger partial charge < -0.3 is 0 Å². The summed E-state index contributed by atoms with van der Waals surface area (Å²) in [6.45, 7) is 0. The first kappa shape index (κ1) is 23.2. The lowest BCUT2D eigenvalue weighted by Crippen LogP contribution is -2.20. The van der Waals surface area contributed by atoms with Gasteiger partial charge in [-0.2, -0.15) is 10.2 Å². The molecule has 0 spiro atoms. The van der Waals surface area contributed by atoms with Crippen molar-refractivity contribution in [1.82, 2.24) is 10.9 Å². The minimum atomic E-state index is -0.332. The Hall–Kier alpha value is -2.12. The number of amides is 2. The van der Waals surface area contributed by atoms with E-state index in [0.717, 1.165) is 0 Å². The predicted octanol–water partition coefficient (Wildman–Crippen LogP) is 5.07. The van der Waals surface area contributed by atoms with Gasteiger partial charge in [-0.25, -0.2) is 10.9 Å². The number of carbonyl (C=O) groups excluding carboxylic acids is 2. The van der Waals surface area contributed by atoms with Gasteiger partial charge in [-0.3, -0.25) is 9.59 Å². The SMILES string of the molecule is O=C(CCCC(=O)N/N=C/c1cccc(Cl)c1Cl)N/N=C/c1cccc(Cl)c1Cl. The van der Waals surface area contributed by atoms with Crippen molar-refractivity contribution in [2.75, 3.05) is 0 Å². The average Bonchev–Trinajstić information content (AvgIpc) is 2.68. The minimum absolute atomic E-state index is 0.123. The fourth-order valence-electron chi connectivity index (χ4n) is 2.11. The van der Waals surface area contributed by atoms with Gasteiger partial charge in [0.2, 0.25) is 11.8 Å². The second-order valence-corrected chi connectivity index (χ2v) is 7.30. The van der Waals surface area contributed by atoms with E-state index in [-0.39, 0.29) is 24.7 Å². The van der Waals surface area contributed by atoms with E-state index in [4.69, 9.17) is 46.4 Å². The van der Waals surface area contributed by atoms with Gasteiger partial charge in [0, 0.05) is 24.0 Å².